The quantitative estimate of drug-likeness (QED) is 0.727. The Bertz CT molecular complexity index is 350. The van der Waals surface area contributed by atoms with E-state index in [2.05, 4.69) is 29.5 Å². The van der Waals surface area contributed by atoms with Crippen LogP contribution in [0.1, 0.15) is 20.8 Å². The van der Waals surface area contributed by atoms with E-state index in [0.29, 0.717) is 22.6 Å². The minimum atomic E-state index is -0.302. The van der Waals surface area contributed by atoms with Crippen molar-refractivity contribution in [1.82, 2.24) is 10.3 Å². The number of carbonyl (C=O) groups is 1. The number of hydrogen-bond donors (Lipinski definition) is 3. The average molecular weight is 242 g/mol. The first kappa shape index (κ1) is 12.8. The van der Waals surface area contributed by atoms with Gasteiger partial charge in [-0.2, -0.15) is 0 Å². The topological polar surface area (TPSA) is 80.0 Å². The van der Waals surface area contributed by atoms with Gasteiger partial charge in [0.2, 0.25) is 5.91 Å². The molecule has 0 spiro atoms. The number of hydrogen-bond acceptors (Lipinski definition) is 5. The van der Waals surface area contributed by atoms with Crippen LogP contribution in [0.2, 0.25) is 0 Å². The van der Waals surface area contributed by atoms with Crippen molar-refractivity contribution in [2.24, 2.45) is 5.92 Å². The fourth-order valence-corrected chi connectivity index (χ4v) is 1.73. The van der Waals surface area contributed by atoms with Crippen LogP contribution in [0.25, 0.3) is 0 Å². The van der Waals surface area contributed by atoms with Crippen LogP contribution in [-0.4, -0.2) is 23.5 Å². The highest BCUT2D eigenvalue weighted by molar-refractivity contribution is 7.19. The maximum absolute atomic E-state index is 11.6. The zero-order chi connectivity index (χ0) is 12.1. The molecule has 0 aliphatic rings. The number of amides is 1. The van der Waals surface area contributed by atoms with Crippen molar-refractivity contribution in [2.45, 2.75) is 26.8 Å². The second kappa shape index (κ2) is 5.69. The molecule has 1 heterocycles. The van der Waals surface area contributed by atoms with Crippen molar-refractivity contribution in [1.29, 1.82) is 0 Å². The van der Waals surface area contributed by atoms with Crippen LogP contribution < -0.4 is 16.4 Å². The Morgan fingerprint density at radius 1 is 1.56 bits per heavy atom. The summed E-state index contributed by atoms with van der Waals surface area (Å²) < 4.78 is 0. The first-order valence-electron chi connectivity index (χ1n) is 5.24. The van der Waals surface area contributed by atoms with Crippen LogP contribution in [0.3, 0.4) is 0 Å². The number of nitrogen functional groups attached to an aromatic ring is 1. The van der Waals surface area contributed by atoms with E-state index in [1.165, 1.54) is 11.3 Å². The molecule has 1 aromatic rings. The summed E-state index contributed by atoms with van der Waals surface area (Å²) in [5.41, 5.74) is 5.54. The van der Waals surface area contributed by atoms with Gasteiger partial charge in [-0.05, 0) is 12.8 Å². The third kappa shape index (κ3) is 4.06. The fourth-order valence-electron chi connectivity index (χ4n) is 1.06. The van der Waals surface area contributed by atoms with Crippen molar-refractivity contribution < 1.29 is 4.79 Å². The zero-order valence-corrected chi connectivity index (χ0v) is 10.6. The van der Waals surface area contributed by atoms with E-state index >= 15 is 0 Å². The van der Waals surface area contributed by atoms with Gasteiger partial charge in [-0.25, -0.2) is 4.98 Å². The molecule has 4 N–H and O–H groups in total. The monoisotopic (exact) mass is 242 g/mol. The summed E-state index contributed by atoms with van der Waals surface area (Å²) in [4.78, 5) is 15.7. The summed E-state index contributed by atoms with van der Waals surface area (Å²) in [6.45, 7) is 6.60. The predicted molar refractivity (Wildman–Crippen MR) is 67.5 cm³/mol. The van der Waals surface area contributed by atoms with Crippen LogP contribution in [0, 0.1) is 5.92 Å². The Morgan fingerprint density at radius 3 is 2.75 bits per heavy atom. The molecule has 1 amide bonds. The van der Waals surface area contributed by atoms with Crippen LogP contribution >= 0.6 is 11.3 Å². The van der Waals surface area contributed by atoms with Gasteiger partial charge in [0, 0.05) is 6.54 Å². The highest BCUT2D eigenvalue weighted by atomic mass is 32.1. The smallest absolute Gasteiger partial charge is 0.242 e. The Balaban J connectivity index is 2.39. The third-order valence-corrected chi connectivity index (χ3v) is 2.70. The lowest BCUT2D eigenvalue weighted by molar-refractivity contribution is -0.121. The van der Waals surface area contributed by atoms with Crippen molar-refractivity contribution >= 4 is 27.4 Å². The molecule has 0 saturated heterocycles. The maximum Gasteiger partial charge on any atom is 0.242 e. The van der Waals surface area contributed by atoms with Crippen LogP contribution in [0.5, 0.6) is 0 Å². The molecule has 90 valence electrons. The largest absolute Gasteiger partial charge is 0.389 e. The molecule has 16 heavy (non-hydrogen) atoms. The van der Waals surface area contributed by atoms with E-state index in [4.69, 9.17) is 5.73 Å². The van der Waals surface area contributed by atoms with Gasteiger partial charge in [-0.1, -0.05) is 25.2 Å². The van der Waals surface area contributed by atoms with Gasteiger partial charge in [-0.15, -0.1) is 0 Å². The molecule has 0 saturated carbocycles. The molecule has 0 aromatic carbocycles. The molecule has 1 atom stereocenters. The first-order valence-corrected chi connectivity index (χ1v) is 6.06. The van der Waals surface area contributed by atoms with Gasteiger partial charge in [0.25, 0.3) is 0 Å². The Morgan fingerprint density at radius 2 is 2.25 bits per heavy atom. The van der Waals surface area contributed by atoms with Gasteiger partial charge in [-0.3, -0.25) is 4.79 Å². The van der Waals surface area contributed by atoms with Crippen LogP contribution in [-0.2, 0) is 4.79 Å². The number of nitrogens with one attached hydrogen (secondary N) is 2. The standard InChI is InChI=1S/C10H18N4OS/c1-6(2)4-12-9(15)7(3)14-10-13-5-8(11)16-10/h5-7H,4,11H2,1-3H3,(H,12,15)(H,13,14). The van der Waals surface area contributed by atoms with Gasteiger partial charge < -0.3 is 16.4 Å². The molecule has 5 nitrogen and oxygen atoms in total. The van der Waals surface area contributed by atoms with Crippen LogP contribution in [0.15, 0.2) is 6.20 Å². The number of carbonyl (C=O) groups excluding carboxylic acids is 1. The summed E-state index contributed by atoms with van der Waals surface area (Å²) in [6, 6.07) is -0.302. The molecule has 1 aromatic heterocycles. The second-order valence-electron chi connectivity index (χ2n) is 4.07. The van der Waals surface area contributed by atoms with Gasteiger partial charge >= 0.3 is 0 Å². The predicted octanol–water partition coefficient (Wildman–Crippen LogP) is 1.30. The SMILES string of the molecule is CC(C)CNC(=O)C(C)Nc1ncc(N)s1. The summed E-state index contributed by atoms with van der Waals surface area (Å²) in [5.74, 6) is 0.425. The second-order valence-corrected chi connectivity index (χ2v) is 5.14. The normalized spacial score (nSPS) is 12.5. The molecular weight excluding hydrogens is 224 g/mol. The summed E-state index contributed by atoms with van der Waals surface area (Å²) in [5, 5.41) is 7.16. The van der Waals surface area contributed by atoms with E-state index in [-0.39, 0.29) is 11.9 Å². The molecule has 1 rings (SSSR count). The highest BCUT2D eigenvalue weighted by Gasteiger charge is 2.13. The molecule has 0 bridgehead atoms. The first-order chi connectivity index (χ1) is 7.49. The Kier molecular flexibility index (Phi) is 4.54. The number of anilines is 2. The molecular formula is C10H18N4OS. The number of aromatic nitrogens is 1. The van der Waals surface area contributed by atoms with Crippen molar-refractivity contribution in [3.63, 3.8) is 0 Å². The number of thiazole rings is 1. The zero-order valence-electron chi connectivity index (χ0n) is 9.78. The van der Waals surface area contributed by atoms with Gasteiger partial charge in [0.05, 0.1) is 6.20 Å². The minimum Gasteiger partial charge on any atom is -0.389 e. The summed E-state index contributed by atoms with van der Waals surface area (Å²) >= 11 is 1.33. The van der Waals surface area contributed by atoms with Crippen molar-refractivity contribution in [2.75, 3.05) is 17.6 Å². The summed E-state index contributed by atoms with van der Waals surface area (Å²) in [7, 11) is 0. The lowest BCUT2D eigenvalue weighted by Crippen LogP contribution is -2.39. The molecule has 0 aliphatic carbocycles. The lowest BCUT2D eigenvalue weighted by atomic mass is 10.2. The lowest BCUT2D eigenvalue weighted by Gasteiger charge is -2.14. The van der Waals surface area contributed by atoms with E-state index in [9.17, 15) is 4.79 Å². The number of nitrogens with zero attached hydrogens (tertiary/aromatic N) is 1. The van der Waals surface area contributed by atoms with Crippen molar-refractivity contribution in [3.8, 4) is 0 Å². The van der Waals surface area contributed by atoms with Crippen LogP contribution in [0.4, 0.5) is 10.1 Å². The molecule has 1 unspecified atom stereocenters. The third-order valence-electron chi connectivity index (χ3n) is 1.94. The average Bonchev–Trinajstić information content (AvgIpc) is 2.60. The molecule has 0 fully saturated rings. The van der Waals surface area contributed by atoms with E-state index < -0.39 is 0 Å². The maximum atomic E-state index is 11.6. The number of rotatable bonds is 5. The highest BCUT2D eigenvalue weighted by Crippen LogP contribution is 2.20. The Hall–Kier alpha value is -1.30. The molecule has 0 aliphatic heterocycles. The molecule has 6 heteroatoms. The fraction of sp³-hybridized carbons (Fsp3) is 0.600. The van der Waals surface area contributed by atoms with E-state index in [1.54, 1.807) is 13.1 Å². The van der Waals surface area contributed by atoms with Crippen molar-refractivity contribution in [3.05, 3.63) is 6.20 Å². The summed E-state index contributed by atoms with van der Waals surface area (Å²) in [6.07, 6.45) is 1.58. The van der Waals surface area contributed by atoms with Gasteiger partial charge in [0.15, 0.2) is 5.13 Å². The van der Waals surface area contributed by atoms with E-state index in [0.717, 1.165) is 0 Å². The Labute approximate surface area is 99.4 Å². The van der Waals surface area contributed by atoms with Gasteiger partial charge in [0.1, 0.15) is 11.0 Å². The minimum absolute atomic E-state index is 0.0255. The number of nitrogens with two attached hydrogens (primary N) is 1. The van der Waals surface area contributed by atoms with E-state index in [1.807, 2.05) is 0 Å². The molecule has 0 radical (unpaired) electrons.